The monoisotopic (exact) mass is 261 g/mol. The van der Waals surface area contributed by atoms with Gasteiger partial charge in [0.2, 0.25) is 0 Å². The highest BCUT2D eigenvalue weighted by molar-refractivity contribution is 7.84. The molecule has 1 aromatic rings. The van der Waals surface area contributed by atoms with Gasteiger partial charge in [0.25, 0.3) is 0 Å². The quantitative estimate of drug-likeness (QED) is 0.851. The average molecular weight is 262 g/mol. The lowest BCUT2D eigenvalue weighted by Crippen LogP contribution is -2.27. The molecule has 0 saturated carbocycles. The molecule has 0 spiro atoms. The Bertz CT molecular complexity index is 384. The zero-order valence-electron chi connectivity index (χ0n) is 9.37. The first kappa shape index (κ1) is 13.5. The minimum atomic E-state index is -0.805. The van der Waals surface area contributed by atoms with Gasteiger partial charge in [-0.25, -0.2) is 0 Å². The van der Waals surface area contributed by atoms with Crippen LogP contribution in [0.5, 0.6) is 5.75 Å². The van der Waals surface area contributed by atoms with Crippen molar-refractivity contribution in [3.63, 3.8) is 0 Å². The summed E-state index contributed by atoms with van der Waals surface area (Å²) in [6.45, 7) is 3.29. The van der Waals surface area contributed by atoms with Gasteiger partial charge in [-0.15, -0.1) is 0 Å². The van der Waals surface area contributed by atoms with Gasteiger partial charge < -0.3 is 10.4 Å². The van der Waals surface area contributed by atoms with Crippen molar-refractivity contribution in [2.75, 3.05) is 12.8 Å². The number of phenols is 1. The number of hydrogen-bond acceptors (Lipinski definition) is 3. The highest BCUT2D eigenvalue weighted by atomic mass is 35.5. The fraction of sp³-hybridized carbons (Fsp3) is 0.455. The van der Waals surface area contributed by atoms with E-state index in [-0.39, 0.29) is 11.0 Å². The SMILES string of the molecule is CC(CNCc1ccc(O)c(Cl)c1)S(C)=O. The van der Waals surface area contributed by atoms with E-state index >= 15 is 0 Å². The summed E-state index contributed by atoms with van der Waals surface area (Å²) in [7, 11) is -0.805. The fourth-order valence-corrected chi connectivity index (χ4v) is 1.75. The predicted molar refractivity (Wildman–Crippen MR) is 68.4 cm³/mol. The Morgan fingerprint density at radius 2 is 2.25 bits per heavy atom. The number of phenolic OH excluding ortho intramolecular Hbond substituents is 1. The molecule has 0 heterocycles. The third-order valence-electron chi connectivity index (χ3n) is 2.34. The molecule has 2 N–H and O–H groups in total. The lowest BCUT2D eigenvalue weighted by atomic mass is 10.2. The van der Waals surface area contributed by atoms with Gasteiger partial charge in [-0.3, -0.25) is 4.21 Å². The van der Waals surface area contributed by atoms with Gasteiger partial charge in [0.15, 0.2) is 0 Å². The van der Waals surface area contributed by atoms with E-state index < -0.39 is 10.8 Å². The molecule has 2 unspecified atom stereocenters. The summed E-state index contributed by atoms with van der Waals surface area (Å²) in [6, 6.07) is 5.10. The zero-order valence-corrected chi connectivity index (χ0v) is 10.9. The summed E-state index contributed by atoms with van der Waals surface area (Å²) in [4.78, 5) is 0. The molecule has 0 aliphatic rings. The van der Waals surface area contributed by atoms with Crippen LogP contribution in [0.25, 0.3) is 0 Å². The van der Waals surface area contributed by atoms with E-state index in [2.05, 4.69) is 5.32 Å². The number of rotatable bonds is 5. The summed E-state index contributed by atoms with van der Waals surface area (Å²) >= 11 is 5.78. The van der Waals surface area contributed by atoms with Crippen LogP contribution in [0.1, 0.15) is 12.5 Å². The second-order valence-corrected chi connectivity index (χ2v) is 5.94. The molecule has 3 nitrogen and oxygen atoms in total. The van der Waals surface area contributed by atoms with Crippen molar-refractivity contribution >= 4 is 22.4 Å². The van der Waals surface area contributed by atoms with Gasteiger partial charge in [0.1, 0.15) is 5.75 Å². The summed E-state index contributed by atoms with van der Waals surface area (Å²) in [5.74, 6) is 0.0912. The summed E-state index contributed by atoms with van der Waals surface area (Å²) < 4.78 is 11.1. The number of benzene rings is 1. The van der Waals surface area contributed by atoms with Crippen LogP contribution in [-0.4, -0.2) is 27.4 Å². The standard InChI is InChI=1S/C11H16ClNO2S/c1-8(16(2)15)6-13-7-9-3-4-11(14)10(12)5-9/h3-5,8,13-14H,6-7H2,1-2H3. The van der Waals surface area contributed by atoms with Gasteiger partial charge in [-0.05, 0) is 24.6 Å². The smallest absolute Gasteiger partial charge is 0.134 e. The third kappa shape index (κ3) is 4.12. The molecule has 1 rings (SSSR count). The van der Waals surface area contributed by atoms with Crippen LogP contribution in [0, 0.1) is 0 Å². The Morgan fingerprint density at radius 1 is 1.56 bits per heavy atom. The molecule has 0 amide bonds. The van der Waals surface area contributed by atoms with E-state index in [1.807, 2.05) is 13.0 Å². The van der Waals surface area contributed by atoms with Gasteiger partial charge in [-0.2, -0.15) is 0 Å². The summed E-state index contributed by atoms with van der Waals surface area (Å²) in [5.41, 5.74) is 0.997. The Morgan fingerprint density at radius 3 is 2.81 bits per heavy atom. The van der Waals surface area contributed by atoms with Crippen LogP contribution in [0.15, 0.2) is 18.2 Å². The lowest BCUT2D eigenvalue weighted by molar-refractivity contribution is 0.475. The van der Waals surface area contributed by atoms with Crippen molar-refractivity contribution in [2.45, 2.75) is 18.7 Å². The maximum Gasteiger partial charge on any atom is 0.134 e. The van der Waals surface area contributed by atoms with Gasteiger partial charge >= 0.3 is 0 Å². The van der Waals surface area contributed by atoms with E-state index in [1.165, 1.54) is 0 Å². The second kappa shape index (κ2) is 6.23. The van der Waals surface area contributed by atoms with Crippen molar-refractivity contribution in [1.29, 1.82) is 0 Å². The first-order valence-electron chi connectivity index (χ1n) is 5.01. The summed E-state index contributed by atoms with van der Waals surface area (Å²) in [5, 5.41) is 12.9. The molecule has 0 aromatic heterocycles. The molecular formula is C11H16ClNO2S. The molecule has 1 aromatic carbocycles. The van der Waals surface area contributed by atoms with Crippen LogP contribution in [0.4, 0.5) is 0 Å². The Balaban J connectivity index is 2.43. The Labute approximate surface area is 103 Å². The molecule has 2 atom stereocenters. The molecule has 0 fully saturated rings. The molecular weight excluding hydrogens is 246 g/mol. The predicted octanol–water partition coefficient (Wildman–Crippen LogP) is 1.90. The van der Waals surface area contributed by atoms with Crippen LogP contribution in [-0.2, 0) is 17.3 Å². The van der Waals surface area contributed by atoms with E-state index in [4.69, 9.17) is 11.6 Å². The number of nitrogens with one attached hydrogen (secondary N) is 1. The number of aromatic hydroxyl groups is 1. The van der Waals surface area contributed by atoms with Crippen LogP contribution < -0.4 is 5.32 Å². The first-order valence-corrected chi connectivity index (χ1v) is 7.01. The lowest BCUT2D eigenvalue weighted by Gasteiger charge is -2.10. The van der Waals surface area contributed by atoms with Crippen molar-refractivity contribution in [1.82, 2.24) is 5.32 Å². The highest BCUT2D eigenvalue weighted by Gasteiger charge is 2.05. The van der Waals surface area contributed by atoms with Crippen molar-refractivity contribution in [3.05, 3.63) is 28.8 Å². The van der Waals surface area contributed by atoms with E-state index in [0.29, 0.717) is 18.1 Å². The zero-order chi connectivity index (χ0) is 12.1. The van der Waals surface area contributed by atoms with Crippen LogP contribution in [0.2, 0.25) is 5.02 Å². The molecule has 0 radical (unpaired) electrons. The van der Waals surface area contributed by atoms with Crippen LogP contribution >= 0.6 is 11.6 Å². The Kier molecular flexibility index (Phi) is 5.25. The third-order valence-corrected chi connectivity index (χ3v) is 3.94. The largest absolute Gasteiger partial charge is 0.506 e. The maximum absolute atomic E-state index is 11.1. The normalized spacial score (nSPS) is 14.7. The van der Waals surface area contributed by atoms with E-state index in [1.54, 1.807) is 18.4 Å². The second-order valence-electron chi connectivity index (χ2n) is 3.73. The van der Waals surface area contributed by atoms with Crippen molar-refractivity contribution in [2.24, 2.45) is 0 Å². The molecule has 16 heavy (non-hydrogen) atoms. The number of hydrogen-bond donors (Lipinski definition) is 2. The van der Waals surface area contributed by atoms with Crippen molar-refractivity contribution < 1.29 is 9.32 Å². The average Bonchev–Trinajstić information content (AvgIpc) is 2.23. The molecule has 0 bridgehead atoms. The minimum absolute atomic E-state index is 0.0912. The molecule has 90 valence electrons. The first-order chi connectivity index (χ1) is 7.50. The van der Waals surface area contributed by atoms with E-state index in [0.717, 1.165) is 5.56 Å². The fourth-order valence-electron chi connectivity index (χ4n) is 1.20. The van der Waals surface area contributed by atoms with Gasteiger partial charge in [0.05, 0.1) is 5.02 Å². The topological polar surface area (TPSA) is 49.3 Å². The van der Waals surface area contributed by atoms with Gasteiger partial charge in [0, 0.05) is 35.4 Å². The molecule has 0 aliphatic carbocycles. The van der Waals surface area contributed by atoms with Crippen LogP contribution in [0.3, 0.4) is 0 Å². The molecule has 5 heteroatoms. The highest BCUT2D eigenvalue weighted by Crippen LogP contribution is 2.23. The minimum Gasteiger partial charge on any atom is -0.506 e. The number of halogens is 1. The molecule has 0 aliphatic heterocycles. The van der Waals surface area contributed by atoms with Gasteiger partial charge in [-0.1, -0.05) is 17.7 Å². The van der Waals surface area contributed by atoms with E-state index in [9.17, 15) is 9.32 Å². The Hall–Kier alpha value is -0.580. The molecule has 0 saturated heterocycles. The maximum atomic E-state index is 11.1. The summed E-state index contributed by atoms with van der Waals surface area (Å²) in [6.07, 6.45) is 1.70. The van der Waals surface area contributed by atoms with Crippen molar-refractivity contribution in [3.8, 4) is 5.75 Å².